The largest absolute Gasteiger partial charge is 0.0622 e. The van der Waals surface area contributed by atoms with Crippen molar-refractivity contribution in [1.29, 1.82) is 0 Å². The van der Waals surface area contributed by atoms with Crippen LogP contribution in [0.2, 0.25) is 0 Å². The number of hydrogen-bond donors (Lipinski definition) is 0. The molecule has 10 aromatic rings. The van der Waals surface area contributed by atoms with E-state index in [4.69, 9.17) is 0 Å². The van der Waals surface area contributed by atoms with Gasteiger partial charge in [-0.05, 0) is 78.4 Å². The van der Waals surface area contributed by atoms with E-state index in [1.165, 1.54) is 53.3 Å². The van der Waals surface area contributed by atoms with Crippen LogP contribution in [0.4, 0.5) is 0 Å². The van der Waals surface area contributed by atoms with Gasteiger partial charge in [-0.3, -0.25) is 0 Å². The Morgan fingerprint density at radius 3 is 0.394 bits per heavy atom. The summed E-state index contributed by atoms with van der Waals surface area (Å²) in [6.45, 7) is 2.08. The predicted molar refractivity (Wildman–Crippen MR) is 294 cm³/mol. The van der Waals surface area contributed by atoms with Gasteiger partial charge in [0.25, 0.3) is 0 Å². The molecule has 0 amide bonds. The molecule has 5 heteroatoms. The molecule has 0 spiro atoms. The molecule has 0 nitrogen and oxygen atoms in total. The molecule has 0 aliphatic carbocycles. The van der Waals surface area contributed by atoms with E-state index in [2.05, 4.69) is 302 Å². The van der Waals surface area contributed by atoms with E-state index in [9.17, 15) is 0 Å². The zero-order valence-corrected chi connectivity index (χ0v) is 42.3. The maximum absolute atomic E-state index is 4.61. The van der Waals surface area contributed by atoms with Crippen molar-refractivity contribution < 1.29 is 17.3 Å². The van der Waals surface area contributed by atoms with Crippen LogP contribution in [0.1, 0.15) is 5.56 Å². The molecule has 10 rings (SSSR count). The zero-order chi connectivity index (χ0) is 45.9. The summed E-state index contributed by atoms with van der Waals surface area (Å²) in [6.07, 6.45) is 0. The van der Waals surface area contributed by atoms with E-state index in [-0.39, 0.29) is 0 Å². The van der Waals surface area contributed by atoms with Crippen LogP contribution >= 0.6 is 33.5 Å². The van der Waals surface area contributed by atoms with Crippen LogP contribution in [-0.2, 0) is 17.3 Å². The predicted octanol–water partition coefficient (Wildman–Crippen LogP) is 12.7. The molecular formula is C61H54ClP3Ru. The fraction of sp³-hybridized carbons (Fsp3) is 0.0164. The quantitative estimate of drug-likeness (QED) is 0.0998. The molecule has 0 bridgehead atoms. The van der Waals surface area contributed by atoms with Gasteiger partial charge in [-0.2, -0.15) is 0 Å². The first-order valence-electron chi connectivity index (χ1n) is 21.8. The second kappa shape index (κ2) is 29.1. The second-order valence-corrected chi connectivity index (χ2v) is 21.3. The van der Waals surface area contributed by atoms with Gasteiger partial charge in [0, 0.05) is 0 Å². The second-order valence-electron chi connectivity index (χ2n) is 14.7. The fourth-order valence-corrected chi connectivity index (χ4v) is 14.0. The van der Waals surface area contributed by atoms with Crippen molar-refractivity contribution in [3.8, 4) is 0 Å². The number of halogens is 1. The summed E-state index contributed by atoms with van der Waals surface area (Å²) in [7, 11) is 3.27. The molecule has 328 valence electrons. The van der Waals surface area contributed by atoms with Gasteiger partial charge in [0.05, 0.1) is 0 Å². The van der Waals surface area contributed by atoms with Gasteiger partial charge in [0.2, 0.25) is 0 Å². The molecule has 0 aliphatic heterocycles. The monoisotopic (exact) mass is 1020 g/mol. The van der Waals surface area contributed by atoms with Crippen molar-refractivity contribution in [2.24, 2.45) is 0 Å². The van der Waals surface area contributed by atoms with Gasteiger partial charge in [0.1, 0.15) is 0 Å². The maximum atomic E-state index is 4.61. The summed E-state index contributed by atoms with van der Waals surface area (Å²) in [4.78, 5) is 0. The van der Waals surface area contributed by atoms with E-state index in [0.29, 0.717) is 0 Å². The Morgan fingerprint density at radius 1 is 0.197 bits per heavy atom. The Labute approximate surface area is 411 Å². The Hall–Kier alpha value is -5.60. The minimum atomic E-state index is -0.446. The first-order chi connectivity index (χ1) is 32.7. The van der Waals surface area contributed by atoms with Crippen LogP contribution < -0.4 is 47.7 Å². The average Bonchev–Trinajstić information content (AvgIpc) is 3.41. The summed E-state index contributed by atoms with van der Waals surface area (Å²) in [5.41, 5.74) is 1.32. The summed E-state index contributed by atoms with van der Waals surface area (Å²) in [5.74, 6) is 0. The number of hydrogen-bond acceptors (Lipinski definition) is 0. The van der Waals surface area contributed by atoms with E-state index in [1.54, 1.807) is 17.3 Å². The van der Waals surface area contributed by atoms with Crippen LogP contribution in [0.5, 0.6) is 0 Å². The van der Waals surface area contributed by atoms with E-state index >= 15 is 0 Å². The summed E-state index contributed by atoms with van der Waals surface area (Å²) in [6, 6.07) is 107. The standard InChI is InChI=1S/3C18H15P.C7H8.ClH.Ru.H/c3*1-4-10-16(11-5-1)19(17-12-6-2-7-13-17)18-14-8-3-9-15-18;1-7-5-3-2-4-6-7;;;/h3*1-15H;2-6H,1H3;1H;;/q;;;;;+1;/p-1. The maximum Gasteiger partial charge on any atom is -0.0134 e. The molecule has 0 aromatic heterocycles. The Kier molecular flexibility index (Phi) is 22.0. The molecule has 10 aromatic carbocycles. The van der Waals surface area contributed by atoms with E-state index < -0.39 is 23.8 Å². The molecule has 0 heterocycles. The minimum absolute atomic E-state index is 0.446. The normalized spacial score (nSPS) is 10.2. The third kappa shape index (κ3) is 15.8. The smallest absolute Gasteiger partial charge is 0.0134 e. The van der Waals surface area contributed by atoms with E-state index in [0.717, 1.165) is 0 Å². The zero-order valence-electron chi connectivity index (χ0n) is 37.0. The van der Waals surface area contributed by atoms with Crippen molar-refractivity contribution in [3.05, 3.63) is 309 Å². The number of rotatable bonds is 9. The van der Waals surface area contributed by atoms with Gasteiger partial charge in [-0.15, -0.1) is 0 Å². The van der Waals surface area contributed by atoms with Gasteiger partial charge < -0.3 is 0 Å². The molecule has 0 fully saturated rings. The SMILES string of the molecule is Cc1ccccc1.[Cl][RuH].c1ccc(P(c2ccccc2)c2ccccc2)cc1.c1ccc(P(c2ccccc2)c2ccccc2)cc1.c1ccc(P(c2ccccc2)c2ccccc2)cc1. The molecule has 0 saturated carbocycles. The van der Waals surface area contributed by atoms with Crippen molar-refractivity contribution in [2.75, 3.05) is 0 Å². The van der Waals surface area contributed by atoms with Crippen LogP contribution in [-0.4, -0.2) is 0 Å². The Balaban J connectivity index is 0.000000150. The van der Waals surface area contributed by atoms with E-state index in [1.807, 2.05) is 18.2 Å². The molecule has 0 unspecified atom stereocenters. The van der Waals surface area contributed by atoms with Crippen molar-refractivity contribution in [2.45, 2.75) is 6.92 Å². The molecule has 0 atom stereocenters. The molecule has 0 aliphatic rings. The first kappa shape index (κ1) is 49.8. The van der Waals surface area contributed by atoms with Gasteiger partial charge in [-0.25, -0.2) is 0 Å². The average molecular weight is 1020 g/mol. The minimum Gasteiger partial charge on any atom is -0.0622 e. The molecular weight excluding hydrogens is 962 g/mol. The third-order valence-corrected chi connectivity index (χ3v) is 17.4. The molecule has 0 saturated heterocycles. The van der Waals surface area contributed by atoms with Gasteiger partial charge in [0.15, 0.2) is 0 Å². The van der Waals surface area contributed by atoms with Crippen molar-refractivity contribution in [3.63, 3.8) is 0 Å². The molecule has 66 heavy (non-hydrogen) atoms. The van der Waals surface area contributed by atoms with Gasteiger partial charge in [-0.1, -0.05) is 309 Å². The topological polar surface area (TPSA) is 0 Å². The number of aryl methyl sites for hydroxylation is 1. The van der Waals surface area contributed by atoms with Crippen LogP contribution in [0.25, 0.3) is 0 Å². The van der Waals surface area contributed by atoms with Crippen molar-refractivity contribution in [1.82, 2.24) is 0 Å². The summed E-state index contributed by atoms with van der Waals surface area (Å²) < 4.78 is 0. The van der Waals surface area contributed by atoms with Crippen molar-refractivity contribution >= 4 is 81.2 Å². The van der Waals surface area contributed by atoms with Crippen LogP contribution in [0, 0.1) is 6.92 Å². The summed E-state index contributed by atoms with van der Waals surface area (Å²) >= 11 is 1.62. The Morgan fingerprint density at radius 2 is 0.303 bits per heavy atom. The molecule has 0 radical (unpaired) electrons. The first-order valence-corrected chi connectivity index (χ1v) is 28.2. The summed E-state index contributed by atoms with van der Waals surface area (Å²) in [5, 5.41) is 12.6. The fourth-order valence-electron chi connectivity index (χ4n) is 7.07. The number of benzene rings is 10. The third-order valence-electron chi connectivity index (χ3n) is 10.1. The Bertz CT molecular complexity index is 2180. The van der Waals surface area contributed by atoms with Gasteiger partial charge >= 0.3 is 27.0 Å². The van der Waals surface area contributed by atoms with Crippen LogP contribution in [0.3, 0.4) is 0 Å². The van der Waals surface area contributed by atoms with Crippen LogP contribution in [0.15, 0.2) is 303 Å². The molecule has 0 N–H and O–H groups in total.